The fraction of sp³-hybridized carbons (Fsp3) is 0.652. The summed E-state index contributed by atoms with van der Waals surface area (Å²) in [6, 6.07) is 2.51. The van der Waals surface area contributed by atoms with Crippen molar-refractivity contribution < 1.29 is 40.7 Å². The van der Waals surface area contributed by atoms with Crippen LogP contribution in [0, 0.1) is 0 Å². The Bertz CT molecular complexity index is 1140. The molecule has 4 saturated heterocycles. The normalized spacial score (nSPS) is 28.2. The average Bonchev–Trinajstić information content (AvgIpc) is 3.24. The van der Waals surface area contributed by atoms with E-state index in [2.05, 4.69) is 10.0 Å². The lowest BCUT2D eigenvalue weighted by atomic mass is 9.87. The fourth-order valence-corrected chi connectivity index (χ4v) is 6.78. The molecule has 204 valence electrons. The predicted molar refractivity (Wildman–Crippen MR) is 123 cm³/mol. The van der Waals surface area contributed by atoms with Crippen molar-refractivity contribution in [3.05, 3.63) is 29.8 Å². The summed E-state index contributed by atoms with van der Waals surface area (Å²) in [4.78, 5) is 28.0. The molecule has 4 aliphatic heterocycles. The van der Waals surface area contributed by atoms with E-state index >= 15 is 0 Å². The zero-order valence-corrected chi connectivity index (χ0v) is 20.8. The largest absolute Gasteiger partial charge is 0.416 e. The quantitative estimate of drug-likeness (QED) is 0.591. The molecule has 0 bridgehead atoms. The summed E-state index contributed by atoms with van der Waals surface area (Å²) in [5.41, 5.74) is -1.49. The number of likely N-dealkylation sites (tertiary alicyclic amines) is 2. The van der Waals surface area contributed by atoms with E-state index < -0.39 is 33.4 Å². The maximum atomic E-state index is 13.1. The van der Waals surface area contributed by atoms with E-state index in [-0.39, 0.29) is 42.2 Å². The molecule has 0 aromatic heterocycles. The Morgan fingerprint density at radius 1 is 1.11 bits per heavy atom. The molecule has 0 aliphatic carbocycles. The molecule has 1 aromatic carbocycles. The lowest BCUT2D eigenvalue weighted by Crippen LogP contribution is -2.63. The molecule has 4 heterocycles. The number of ether oxygens (including phenoxy) is 2. The van der Waals surface area contributed by atoms with Gasteiger partial charge in [0, 0.05) is 32.2 Å². The molecule has 1 spiro atoms. The van der Waals surface area contributed by atoms with Crippen molar-refractivity contribution in [3.63, 3.8) is 0 Å². The lowest BCUT2D eigenvalue weighted by molar-refractivity contribution is -0.140. The third-order valence-corrected chi connectivity index (χ3v) is 9.10. The first-order valence-corrected chi connectivity index (χ1v) is 13.7. The number of urea groups is 1. The minimum atomic E-state index is -4.55. The molecular weight excluding hydrogens is 517 g/mol. The van der Waals surface area contributed by atoms with Crippen LogP contribution in [-0.4, -0.2) is 93.3 Å². The second-order valence-electron chi connectivity index (χ2n) is 10.1. The standard InChI is InChI=1S/C23H29F3N4O6S/c24-23(25,26)15-1-3-17(4-2-15)37(33,34)28-16-11-22(36-13-16)6-9-29(10-7-22)21(32)30-8-5-19-18(12-30)27-20(31)14-35-19/h1-4,16,18-19,28H,5-14H2,(H,27,31)/t16-,18+,19-/m0/s1. The van der Waals surface area contributed by atoms with Gasteiger partial charge < -0.3 is 24.6 Å². The Balaban J connectivity index is 1.13. The summed E-state index contributed by atoms with van der Waals surface area (Å²) in [7, 11) is -4.02. The van der Waals surface area contributed by atoms with Gasteiger partial charge in [-0.2, -0.15) is 13.2 Å². The molecule has 4 fully saturated rings. The number of nitrogens with one attached hydrogen (secondary N) is 2. The molecule has 0 radical (unpaired) electrons. The first-order chi connectivity index (χ1) is 17.4. The number of halogens is 3. The van der Waals surface area contributed by atoms with E-state index in [0.717, 1.165) is 24.3 Å². The van der Waals surface area contributed by atoms with Gasteiger partial charge in [0.25, 0.3) is 0 Å². The molecule has 5 rings (SSSR count). The van der Waals surface area contributed by atoms with Crippen LogP contribution in [0.3, 0.4) is 0 Å². The second-order valence-corrected chi connectivity index (χ2v) is 11.8. The maximum Gasteiger partial charge on any atom is 0.416 e. The van der Waals surface area contributed by atoms with Crippen LogP contribution in [0.25, 0.3) is 0 Å². The molecule has 14 heteroatoms. The first-order valence-electron chi connectivity index (χ1n) is 12.2. The van der Waals surface area contributed by atoms with Gasteiger partial charge in [0.05, 0.1) is 34.8 Å². The van der Waals surface area contributed by atoms with Crippen molar-refractivity contribution in [1.82, 2.24) is 19.8 Å². The molecule has 0 unspecified atom stereocenters. The van der Waals surface area contributed by atoms with E-state index in [1.54, 1.807) is 9.80 Å². The van der Waals surface area contributed by atoms with Crippen LogP contribution >= 0.6 is 0 Å². The maximum absolute atomic E-state index is 13.1. The summed E-state index contributed by atoms with van der Waals surface area (Å²) in [5.74, 6) is -0.183. The number of fused-ring (bicyclic) bond motifs is 1. The summed E-state index contributed by atoms with van der Waals surface area (Å²) < 4.78 is 77.9. The minimum absolute atomic E-state index is 0.0464. The van der Waals surface area contributed by atoms with Crippen LogP contribution in [-0.2, 0) is 30.5 Å². The van der Waals surface area contributed by atoms with Crippen molar-refractivity contribution in [2.45, 2.75) is 60.5 Å². The van der Waals surface area contributed by atoms with Crippen LogP contribution in [0.5, 0.6) is 0 Å². The number of hydrogen-bond acceptors (Lipinski definition) is 6. The van der Waals surface area contributed by atoms with Gasteiger partial charge >= 0.3 is 12.2 Å². The third-order valence-electron chi connectivity index (χ3n) is 7.56. The number of rotatable bonds is 3. The van der Waals surface area contributed by atoms with Gasteiger partial charge in [-0.25, -0.2) is 17.9 Å². The van der Waals surface area contributed by atoms with E-state index in [1.165, 1.54) is 0 Å². The number of benzene rings is 1. The Hall–Kier alpha value is -2.42. The van der Waals surface area contributed by atoms with Gasteiger partial charge in [-0.3, -0.25) is 4.79 Å². The van der Waals surface area contributed by atoms with Crippen LogP contribution in [0.1, 0.15) is 31.2 Å². The molecular formula is C23H29F3N4O6S. The van der Waals surface area contributed by atoms with Crippen LogP contribution < -0.4 is 10.0 Å². The average molecular weight is 547 g/mol. The topological polar surface area (TPSA) is 117 Å². The molecule has 1 aromatic rings. The van der Waals surface area contributed by atoms with Gasteiger partial charge in [0.2, 0.25) is 15.9 Å². The van der Waals surface area contributed by atoms with Crippen LogP contribution in [0.15, 0.2) is 29.2 Å². The van der Waals surface area contributed by atoms with Crippen LogP contribution in [0.4, 0.5) is 18.0 Å². The summed E-state index contributed by atoms with van der Waals surface area (Å²) in [5, 5.41) is 2.89. The van der Waals surface area contributed by atoms with Gasteiger partial charge in [-0.05, 0) is 49.9 Å². The molecule has 4 aliphatic rings. The highest BCUT2D eigenvalue weighted by atomic mass is 32.2. The molecule has 2 N–H and O–H groups in total. The van der Waals surface area contributed by atoms with Crippen molar-refractivity contribution in [2.24, 2.45) is 0 Å². The van der Waals surface area contributed by atoms with Crippen molar-refractivity contribution in [2.75, 3.05) is 39.4 Å². The number of carbonyl (C=O) groups is 2. The molecule has 10 nitrogen and oxygen atoms in total. The number of piperidine rings is 2. The monoisotopic (exact) mass is 546 g/mol. The fourth-order valence-electron chi connectivity index (χ4n) is 5.56. The molecule has 3 atom stereocenters. The number of morpholine rings is 1. The summed E-state index contributed by atoms with van der Waals surface area (Å²) >= 11 is 0. The van der Waals surface area contributed by atoms with Crippen molar-refractivity contribution in [1.29, 1.82) is 0 Å². The zero-order chi connectivity index (χ0) is 26.4. The van der Waals surface area contributed by atoms with E-state index in [4.69, 9.17) is 9.47 Å². The Morgan fingerprint density at radius 3 is 2.49 bits per heavy atom. The van der Waals surface area contributed by atoms with Gasteiger partial charge in [-0.15, -0.1) is 0 Å². The van der Waals surface area contributed by atoms with Gasteiger partial charge in [-0.1, -0.05) is 0 Å². The summed E-state index contributed by atoms with van der Waals surface area (Å²) in [6.07, 6.45) is -2.49. The second kappa shape index (κ2) is 9.71. The minimum Gasteiger partial charge on any atom is -0.373 e. The molecule has 0 saturated carbocycles. The number of amides is 3. The number of sulfonamides is 1. The number of alkyl halides is 3. The Labute approximate surface area is 212 Å². The highest BCUT2D eigenvalue weighted by molar-refractivity contribution is 7.89. The van der Waals surface area contributed by atoms with E-state index in [9.17, 15) is 31.2 Å². The molecule has 37 heavy (non-hydrogen) atoms. The molecule has 3 amide bonds. The third kappa shape index (κ3) is 5.56. The smallest absolute Gasteiger partial charge is 0.373 e. The summed E-state index contributed by atoms with van der Waals surface area (Å²) in [6.45, 7) is 2.02. The van der Waals surface area contributed by atoms with Gasteiger partial charge in [0.1, 0.15) is 6.61 Å². The highest BCUT2D eigenvalue weighted by Gasteiger charge is 2.46. The lowest BCUT2D eigenvalue weighted by Gasteiger charge is -2.44. The van der Waals surface area contributed by atoms with Crippen LogP contribution in [0.2, 0.25) is 0 Å². The zero-order valence-electron chi connectivity index (χ0n) is 20.0. The van der Waals surface area contributed by atoms with E-state index in [0.29, 0.717) is 51.9 Å². The SMILES string of the molecule is O=C1CO[C@H]2CCN(C(=O)N3CCC4(CC3)C[C@H](NS(=O)(=O)c3ccc(C(F)(F)F)cc3)CO4)C[C@H]2N1. The predicted octanol–water partition coefficient (Wildman–Crippen LogP) is 1.32. The first kappa shape index (κ1) is 26.2. The van der Waals surface area contributed by atoms with E-state index in [1.807, 2.05) is 0 Å². The van der Waals surface area contributed by atoms with Gasteiger partial charge in [0.15, 0.2) is 0 Å². The number of hydrogen-bond donors (Lipinski definition) is 2. The number of carbonyl (C=O) groups excluding carboxylic acids is 2. The highest BCUT2D eigenvalue weighted by Crippen LogP contribution is 2.37. The number of nitrogens with zero attached hydrogens (tertiary/aromatic N) is 2. The van der Waals surface area contributed by atoms with Crippen molar-refractivity contribution in [3.8, 4) is 0 Å². The Morgan fingerprint density at radius 2 is 1.81 bits per heavy atom. The van der Waals surface area contributed by atoms with Crippen molar-refractivity contribution >= 4 is 22.0 Å². The Kier molecular flexibility index (Phi) is 6.88.